The van der Waals surface area contributed by atoms with Crippen molar-refractivity contribution in [3.63, 3.8) is 0 Å². The van der Waals surface area contributed by atoms with Gasteiger partial charge in [0.1, 0.15) is 5.16 Å². The van der Waals surface area contributed by atoms with Gasteiger partial charge in [-0.05, 0) is 34.6 Å². The average molecular weight is 246 g/mol. The Kier molecular flexibility index (Phi) is 6.21. The Morgan fingerprint density at radius 1 is 1.15 bits per heavy atom. The lowest BCUT2D eigenvalue weighted by atomic mass is 10.3. The van der Waals surface area contributed by atoms with Crippen molar-refractivity contribution < 1.29 is 9.05 Å². The molecule has 13 heavy (non-hydrogen) atoms. The van der Waals surface area contributed by atoms with Gasteiger partial charge in [-0.15, -0.1) is 0 Å². The molecule has 0 aromatic carbocycles. The van der Waals surface area contributed by atoms with Gasteiger partial charge in [-0.1, -0.05) is 0 Å². The molecule has 0 heterocycles. The van der Waals surface area contributed by atoms with Crippen LogP contribution >= 0.6 is 28.2 Å². The minimum Gasteiger partial charge on any atom is -0.193 e. The van der Waals surface area contributed by atoms with Crippen LogP contribution in [0, 0.1) is 0 Å². The van der Waals surface area contributed by atoms with Crippen LogP contribution in [-0.4, -0.2) is 18.4 Å². The summed E-state index contributed by atoms with van der Waals surface area (Å²) >= 11 is 0. The Morgan fingerprint density at radius 3 is 1.69 bits per heavy atom. The van der Waals surface area contributed by atoms with E-state index in [1.54, 1.807) is 0 Å². The summed E-state index contributed by atoms with van der Waals surface area (Å²) in [6.07, 6.45) is 0. The van der Waals surface area contributed by atoms with Gasteiger partial charge in [0.05, 0.1) is 13.2 Å². The molecule has 0 amide bonds. The highest BCUT2D eigenvalue weighted by Crippen LogP contribution is 2.80. The second-order valence-corrected chi connectivity index (χ2v) is 9.66. The lowest BCUT2D eigenvalue weighted by Crippen LogP contribution is -2.21. The molecule has 0 spiro atoms. The molecule has 5 heteroatoms. The first-order valence-electron chi connectivity index (χ1n) is 4.42. The van der Waals surface area contributed by atoms with E-state index in [1.807, 2.05) is 13.8 Å². The second-order valence-electron chi connectivity index (χ2n) is 3.57. The van der Waals surface area contributed by atoms with Crippen LogP contribution in [0.4, 0.5) is 0 Å². The molecule has 2 nitrogen and oxygen atoms in total. The SMILES string of the molecule is CCO[P+](OCC)(SCl)C(C)(C)C. The Balaban J connectivity index is 4.64. The molecule has 0 saturated heterocycles. The van der Waals surface area contributed by atoms with Gasteiger partial charge in [0.2, 0.25) is 0 Å². The van der Waals surface area contributed by atoms with Crippen molar-refractivity contribution in [2.75, 3.05) is 13.2 Å². The van der Waals surface area contributed by atoms with Crippen LogP contribution in [0.15, 0.2) is 0 Å². The van der Waals surface area contributed by atoms with Crippen LogP contribution in [0.1, 0.15) is 34.6 Å². The fourth-order valence-electron chi connectivity index (χ4n) is 0.908. The molecule has 0 atom stereocenters. The largest absolute Gasteiger partial charge is 0.354 e. The predicted molar refractivity (Wildman–Crippen MR) is 63.4 cm³/mol. The molecule has 0 fully saturated rings. The monoisotopic (exact) mass is 245 g/mol. The number of hydrogen-bond acceptors (Lipinski definition) is 3. The lowest BCUT2D eigenvalue weighted by molar-refractivity contribution is 0.248. The molecule has 0 unspecified atom stereocenters. The highest BCUT2D eigenvalue weighted by molar-refractivity contribution is 8.70. The zero-order chi connectivity index (χ0) is 10.5. The molecule has 0 rings (SSSR count). The van der Waals surface area contributed by atoms with Crippen molar-refractivity contribution in [2.45, 2.75) is 39.8 Å². The summed E-state index contributed by atoms with van der Waals surface area (Å²) in [4.78, 5) is 0. The van der Waals surface area contributed by atoms with Crippen molar-refractivity contribution >= 4 is 28.2 Å². The van der Waals surface area contributed by atoms with E-state index < -0.39 is 6.92 Å². The summed E-state index contributed by atoms with van der Waals surface area (Å²) in [6.45, 7) is 9.53. The minimum absolute atomic E-state index is 0.0363. The van der Waals surface area contributed by atoms with Gasteiger partial charge >= 0.3 is 6.92 Å². The lowest BCUT2D eigenvalue weighted by Gasteiger charge is -2.29. The summed E-state index contributed by atoms with van der Waals surface area (Å²) < 4.78 is 11.4. The molecular weight excluding hydrogens is 227 g/mol. The highest BCUT2D eigenvalue weighted by Gasteiger charge is 2.56. The highest BCUT2D eigenvalue weighted by atomic mass is 35.7. The van der Waals surface area contributed by atoms with Gasteiger partial charge < -0.3 is 0 Å². The normalized spacial score (nSPS) is 13.4. The van der Waals surface area contributed by atoms with Gasteiger partial charge in [0.15, 0.2) is 10.6 Å². The molecule has 0 N–H and O–H groups in total. The molecule has 0 aliphatic rings. The quantitative estimate of drug-likeness (QED) is 0.664. The first kappa shape index (κ1) is 14.0. The van der Waals surface area contributed by atoms with E-state index in [-0.39, 0.29) is 5.16 Å². The first-order chi connectivity index (χ1) is 5.93. The van der Waals surface area contributed by atoms with E-state index in [0.29, 0.717) is 13.2 Å². The van der Waals surface area contributed by atoms with E-state index in [4.69, 9.17) is 19.7 Å². The smallest absolute Gasteiger partial charge is 0.193 e. The molecule has 0 aliphatic heterocycles. The fourth-order valence-corrected chi connectivity index (χ4v) is 6.80. The molecule has 0 aromatic heterocycles. The van der Waals surface area contributed by atoms with Gasteiger partial charge in [0.25, 0.3) is 0 Å². The van der Waals surface area contributed by atoms with Crippen LogP contribution in [-0.2, 0) is 9.05 Å². The maximum Gasteiger partial charge on any atom is 0.354 e. The third kappa shape index (κ3) is 3.56. The molecule has 0 saturated carbocycles. The van der Waals surface area contributed by atoms with Crippen molar-refractivity contribution in [1.82, 2.24) is 0 Å². The molecule has 0 aliphatic carbocycles. The van der Waals surface area contributed by atoms with Crippen molar-refractivity contribution in [3.8, 4) is 0 Å². The number of hydrogen-bond donors (Lipinski definition) is 0. The van der Waals surface area contributed by atoms with Gasteiger partial charge in [-0.25, -0.2) is 0 Å². The molecule has 0 radical (unpaired) electrons. The molecular formula is C8H19ClO2PS+. The van der Waals surface area contributed by atoms with E-state index in [1.165, 1.54) is 10.6 Å². The van der Waals surface area contributed by atoms with Crippen LogP contribution in [0.25, 0.3) is 0 Å². The summed E-state index contributed by atoms with van der Waals surface area (Å²) in [5.74, 6) is 0. The Bertz CT molecular complexity index is 144. The molecule has 0 bridgehead atoms. The van der Waals surface area contributed by atoms with Crippen molar-refractivity contribution in [2.24, 2.45) is 0 Å². The summed E-state index contributed by atoms with van der Waals surface area (Å²) in [5, 5.41) is -0.0363. The predicted octanol–water partition coefficient (Wildman–Crippen LogP) is 4.51. The molecule has 0 aromatic rings. The van der Waals surface area contributed by atoms with E-state index >= 15 is 0 Å². The number of rotatable bonds is 5. The van der Waals surface area contributed by atoms with E-state index in [0.717, 1.165) is 0 Å². The fraction of sp³-hybridized carbons (Fsp3) is 1.00. The van der Waals surface area contributed by atoms with Crippen LogP contribution < -0.4 is 0 Å². The summed E-state index contributed by atoms with van der Waals surface area (Å²) in [6, 6.07) is 0. The molecule has 80 valence electrons. The Hall–Kier alpha value is 0.990. The van der Waals surface area contributed by atoms with Gasteiger partial charge in [0, 0.05) is 10.7 Å². The summed E-state index contributed by atoms with van der Waals surface area (Å²) in [5.41, 5.74) is 0. The van der Waals surface area contributed by atoms with Crippen molar-refractivity contribution in [3.05, 3.63) is 0 Å². The Labute approximate surface area is 90.5 Å². The average Bonchev–Trinajstić information content (AvgIpc) is 2.02. The zero-order valence-corrected chi connectivity index (χ0v) is 11.4. The first-order valence-corrected chi connectivity index (χ1v) is 8.29. The van der Waals surface area contributed by atoms with Gasteiger partial charge in [-0.2, -0.15) is 9.05 Å². The van der Waals surface area contributed by atoms with E-state index in [9.17, 15) is 0 Å². The topological polar surface area (TPSA) is 18.5 Å². The second kappa shape index (κ2) is 5.77. The standard InChI is InChI=1S/C8H19ClO2PS/c1-6-10-12(13-9,11-7-2)8(3,4)5/h6-7H2,1-5H3/q+1. The van der Waals surface area contributed by atoms with Crippen LogP contribution in [0.2, 0.25) is 0 Å². The minimum atomic E-state index is -1.98. The maximum absolute atomic E-state index is 5.88. The van der Waals surface area contributed by atoms with Gasteiger partial charge in [-0.3, -0.25) is 0 Å². The summed E-state index contributed by atoms with van der Waals surface area (Å²) in [7, 11) is 7.09. The maximum atomic E-state index is 5.88. The third-order valence-corrected chi connectivity index (χ3v) is 8.99. The zero-order valence-electron chi connectivity index (χ0n) is 8.96. The Morgan fingerprint density at radius 2 is 1.54 bits per heavy atom. The third-order valence-electron chi connectivity index (χ3n) is 1.51. The van der Waals surface area contributed by atoms with Crippen LogP contribution in [0.5, 0.6) is 0 Å². The number of halogens is 1. The van der Waals surface area contributed by atoms with Crippen molar-refractivity contribution in [1.29, 1.82) is 0 Å². The van der Waals surface area contributed by atoms with E-state index in [2.05, 4.69) is 20.8 Å². The van der Waals surface area contributed by atoms with Crippen LogP contribution in [0.3, 0.4) is 0 Å².